The van der Waals surface area contributed by atoms with Crippen LogP contribution in [0.1, 0.15) is 30.8 Å². The van der Waals surface area contributed by atoms with E-state index in [-0.39, 0.29) is 12.6 Å². The van der Waals surface area contributed by atoms with Crippen molar-refractivity contribution in [1.82, 2.24) is 4.98 Å². The van der Waals surface area contributed by atoms with Crippen molar-refractivity contribution in [2.45, 2.75) is 26.0 Å². The molecule has 1 heterocycles. The van der Waals surface area contributed by atoms with Gasteiger partial charge in [0.2, 0.25) is 0 Å². The van der Waals surface area contributed by atoms with Crippen LogP contribution in [0.4, 0.5) is 0 Å². The van der Waals surface area contributed by atoms with Crippen LogP contribution >= 0.6 is 0 Å². The van der Waals surface area contributed by atoms with Crippen LogP contribution in [0, 0.1) is 0 Å². The van der Waals surface area contributed by atoms with E-state index in [0.29, 0.717) is 5.69 Å². The van der Waals surface area contributed by atoms with Gasteiger partial charge in [-0.1, -0.05) is 13.0 Å². The molecular weight excluding hydrogens is 152 g/mol. The SMILES string of the molecule is CCC(N)c1cccc(CO)n1. The molecule has 0 aliphatic rings. The molecule has 0 bridgehead atoms. The zero-order valence-electron chi connectivity index (χ0n) is 7.20. The number of aliphatic hydroxyl groups excluding tert-OH is 1. The summed E-state index contributed by atoms with van der Waals surface area (Å²) < 4.78 is 0. The van der Waals surface area contributed by atoms with Gasteiger partial charge in [-0.3, -0.25) is 4.98 Å². The molecule has 1 atom stereocenters. The molecule has 3 nitrogen and oxygen atoms in total. The van der Waals surface area contributed by atoms with E-state index in [0.717, 1.165) is 12.1 Å². The molecule has 0 aliphatic carbocycles. The average Bonchev–Trinajstić information content (AvgIpc) is 2.17. The molecule has 1 aromatic rings. The quantitative estimate of drug-likeness (QED) is 0.703. The van der Waals surface area contributed by atoms with Gasteiger partial charge < -0.3 is 10.8 Å². The molecule has 12 heavy (non-hydrogen) atoms. The van der Waals surface area contributed by atoms with E-state index in [1.807, 2.05) is 19.1 Å². The Morgan fingerprint density at radius 2 is 2.33 bits per heavy atom. The largest absolute Gasteiger partial charge is 0.390 e. The third kappa shape index (κ3) is 2.03. The highest BCUT2D eigenvalue weighted by atomic mass is 16.3. The monoisotopic (exact) mass is 166 g/mol. The second kappa shape index (κ2) is 4.18. The highest BCUT2D eigenvalue weighted by molar-refractivity contribution is 5.13. The number of pyridine rings is 1. The lowest BCUT2D eigenvalue weighted by atomic mass is 10.1. The Bertz CT molecular complexity index is 250. The molecule has 0 aliphatic heterocycles. The topological polar surface area (TPSA) is 59.1 Å². The van der Waals surface area contributed by atoms with Crippen LogP contribution in [0.15, 0.2) is 18.2 Å². The van der Waals surface area contributed by atoms with Crippen LogP contribution in [0.25, 0.3) is 0 Å². The molecule has 0 radical (unpaired) electrons. The highest BCUT2D eigenvalue weighted by Gasteiger charge is 2.04. The zero-order valence-corrected chi connectivity index (χ0v) is 7.20. The molecule has 0 aromatic carbocycles. The Kier molecular flexibility index (Phi) is 3.19. The fraction of sp³-hybridized carbons (Fsp3) is 0.444. The molecule has 0 amide bonds. The summed E-state index contributed by atoms with van der Waals surface area (Å²) in [6, 6.07) is 5.51. The third-order valence-electron chi connectivity index (χ3n) is 1.81. The minimum Gasteiger partial charge on any atom is -0.390 e. The minimum absolute atomic E-state index is 0.0171. The maximum atomic E-state index is 8.81. The minimum atomic E-state index is -0.0235. The number of hydrogen-bond donors (Lipinski definition) is 2. The lowest BCUT2D eigenvalue weighted by Crippen LogP contribution is -2.11. The van der Waals surface area contributed by atoms with E-state index >= 15 is 0 Å². The van der Waals surface area contributed by atoms with Crippen molar-refractivity contribution < 1.29 is 5.11 Å². The predicted octanol–water partition coefficient (Wildman–Crippen LogP) is 0.984. The van der Waals surface area contributed by atoms with E-state index in [4.69, 9.17) is 10.8 Å². The van der Waals surface area contributed by atoms with Gasteiger partial charge in [0.1, 0.15) is 0 Å². The van der Waals surface area contributed by atoms with Gasteiger partial charge in [0.05, 0.1) is 18.0 Å². The van der Waals surface area contributed by atoms with Gasteiger partial charge in [-0.15, -0.1) is 0 Å². The Labute approximate surface area is 72.2 Å². The summed E-state index contributed by atoms with van der Waals surface area (Å²) in [7, 11) is 0. The first-order valence-electron chi connectivity index (χ1n) is 4.10. The fourth-order valence-corrected chi connectivity index (χ4v) is 1.00. The summed E-state index contributed by atoms with van der Waals surface area (Å²) in [5, 5.41) is 8.81. The number of hydrogen-bond acceptors (Lipinski definition) is 3. The zero-order chi connectivity index (χ0) is 8.97. The van der Waals surface area contributed by atoms with Gasteiger partial charge in [-0.25, -0.2) is 0 Å². The Hall–Kier alpha value is -0.930. The Balaban J connectivity index is 2.86. The van der Waals surface area contributed by atoms with Crippen molar-refractivity contribution in [1.29, 1.82) is 0 Å². The first-order valence-corrected chi connectivity index (χ1v) is 4.10. The second-order valence-electron chi connectivity index (χ2n) is 2.73. The van der Waals surface area contributed by atoms with Crippen LogP contribution in [0.2, 0.25) is 0 Å². The van der Waals surface area contributed by atoms with E-state index in [9.17, 15) is 0 Å². The van der Waals surface area contributed by atoms with Crippen molar-refractivity contribution in [2.75, 3.05) is 0 Å². The molecule has 0 saturated carbocycles. The van der Waals surface area contributed by atoms with Gasteiger partial charge in [0.25, 0.3) is 0 Å². The van der Waals surface area contributed by atoms with Crippen molar-refractivity contribution >= 4 is 0 Å². The summed E-state index contributed by atoms with van der Waals surface area (Å²) in [6.07, 6.45) is 0.863. The van der Waals surface area contributed by atoms with Gasteiger partial charge in [0.15, 0.2) is 0 Å². The van der Waals surface area contributed by atoms with Crippen molar-refractivity contribution in [3.63, 3.8) is 0 Å². The molecule has 3 N–H and O–H groups in total. The maximum absolute atomic E-state index is 8.81. The first-order chi connectivity index (χ1) is 5.77. The van der Waals surface area contributed by atoms with Crippen molar-refractivity contribution in [3.8, 4) is 0 Å². The fourth-order valence-electron chi connectivity index (χ4n) is 1.00. The van der Waals surface area contributed by atoms with Gasteiger partial charge in [-0.2, -0.15) is 0 Å². The molecular formula is C9H14N2O. The Morgan fingerprint density at radius 3 is 2.92 bits per heavy atom. The lowest BCUT2D eigenvalue weighted by Gasteiger charge is -2.08. The van der Waals surface area contributed by atoms with E-state index in [2.05, 4.69) is 4.98 Å². The van der Waals surface area contributed by atoms with Crippen molar-refractivity contribution in [2.24, 2.45) is 5.73 Å². The standard InChI is InChI=1S/C9H14N2O/c1-2-8(10)9-5-3-4-7(6-12)11-9/h3-5,8,12H,2,6,10H2,1H3. The average molecular weight is 166 g/mol. The molecule has 0 saturated heterocycles. The summed E-state index contributed by atoms with van der Waals surface area (Å²) in [4.78, 5) is 4.19. The van der Waals surface area contributed by atoms with Gasteiger partial charge in [0, 0.05) is 6.04 Å². The van der Waals surface area contributed by atoms with Crippen LogP contribution in [0.3, 0.4) is 0 Å². The lowest BCUT2D eigenvalue weighted by molar-refractivity contribution is 0.276. The van der Waals surface area contributed by atoms with Crippen molar-refractivity contribution in [3.05, 3.63) is 29.6 Å². The molecule has 3 heteroatoms. The first kappa shape index (κ1) is 9.16. The third-order valence-corrected chi connectivity index (χ3v) is 1.81. The molecule has 0 spiro atoms. The molecule has 0 fully saturated rings. The number of rotatable bonds is 3. The maximum Gasteiger partial charge on any atom is 0.0853 e. The summed E-state index contributed by atoms with van der Waals surface area (Å²) in [6.45, 7) is 1.99. The van der Waals surface area contributed by atoms with Crippen LogP contribution < -0.4 is 5.73 Å². The normalized spacial score (nSPS) is 12.9. The summed E-state index contributed by atoms with van der Waals surface area (Å²) in [5.74, 6) is 0. The molecule has 1 rings (SSSR count). The van der Waals surface area contributed by atoms with Gasteiger partial charge >= 0.3 is 0 Å². The molecule has 66 valence electrons. The van der Waals surface area contributed by atoms with Crippen LogP contribution in [-0.2, 0) is 6.61 Å². The van der Waals surface area contributed by atoms with Crippen LogP contribution in [0.5, 0.6) is 0 Å². The molecule has 1 unspecified atom stereocenters. The van der Waals surface area contributed by atoms with Crippen LogP contribution in [-0.4, -0.2) is 10.1 Å². The molecule has 1 aromatic heterocycles. The predicted molar refractivity (Wildman–Crippen MR) is 47.4 cm³/mol. The van der Waals surface area contributed by atoms with E-state index in [1.54, 1.807) is 6.07 Å². The number of aromatic nitrogens is 1. The summed E-state index contributed by atoms with van der Waals surface area (Å²) >= 11 is 0. The van der Waals surface area contributed by atoms with E-state index < -0.39 is 0 Å². The summed E-state index contributed by atoms with van der Waals surface area (Å²) in [5.41, 5.74) is 7.30. The smallest absolute Gasteiger partial charge is 0.0853 e. The second-order valence-corrected chi connectivity index (χ2v) is 2.73. The number of nitrogens with zero attached hydrogens (tertiary/aromatic N) is 1. The highest BCUT2D eigenvalue weighted by Crippen LogP contribution is 2.10. The Morgan fingerprint density at radius 1 is 1.58 bits per heavy atom. The number of nitrogens with two attached hydrogens (primary N) is 1. The van der Waals surface area contributed by atoms with E-state index in [1.165, 1.54) is 0 Å². The number of aliphatic hydroxyl groups is 1. The van der Waals surface area contributed by atoms with Gasteiger partial charge in [-0.05, 0) is 18.6 Å².